The number of nitrogens with zero attached hydrogens (tertiary/aromatic N) is 3. The second-order valence-corrected chi connectivity index (χ2v) is 10.0. The number of amides is 1. The third-order valence-electron chi connectivity index (χ3n) is 7.07. The van der Waals surface area contributed by atoms with E-state index in [4.69, 9.17) is 9.47 Å². The van der Waals surface area contributed by atoms with Crippen molar-refractivity contribution in [2.24, 2.45) is 0 Å². The van der Waals surface area contributed by atoms with Crippen molar-refractivity contribution < 1.29 is 14.3 Å². The van der Waals surface area contributed by atoms with Crippen molar-refractivity contribution in [1.82, 2.24) is 9.47 Å². The quantitative estimate of drug-likeness (QED) is 0.295. The SMILES string of the molecule is COCCN1CCN(c2cc(NC(=O)c3ccc(C)c(Oc4ccccc4)c3)cc(-n3ccc(C)c3)c2)CC1. The highest BCUT2D eigenvalue weighted by Crippen LogP contribution is 2.29. The Morgan fingerprint density at radius 1 is 0.897 bits per heavy atom. The summed E-state index contributed by atoms with van der Waals surface area (Å²) < 4.78 is 13.4. The van der Waals surface area contributed by atoms with Gasteiger partial charge in [-0.15, -0.1) is 0 Å². The van der Waals surface area contributed by atoms with Crippen molar-refractivity contribution in [2.45, 2.75) is 13.8 Å². The molecule has 0 spiro atoms. The standard InChI is InChI=1S/C32H36N4O3/c1-24-11-12-36(23-24)29-21-27(20-28(22-29)35-15-13-34(14-16-35)17-18-38-3)33-32(37)26-10-9-25(2)31(19-26)39-30-7-5-4-6-8-30/h4-12,19-23H,13-18H2,1-3H3,(H,33,37). The molecule has 39 heavy (non-hydrogen) atoms. The fourth-order valence-corrected chi connectivity index (χ4v) is 4.78. The van der Waals surface area contributed by atoms with Crippen molar-refractivity contribution in [3.05, 3.63) is 102 Å². The molecule has 3 aromatic carbocycles. The number of hydrogen-bond acceptors (Lipinski definition) is 5. The number of benzene rings is 3. The van der Waals surface area contributed by atoms with E-state index in [1.165, 1.54) is 5.56 Å². The van der Waals surface area contributed by atoms with E-state index in [0.717, 1.165) is 67.7 Å². The van der Waals surface area contributed by atoms with Crippen LogP contribution in [0.15, 0.2) is 85.2 Å². The number of carbonyl (C=O) groups is 1. The summed E-state index contributed by atoms with van der Waals surface area (Å²) in [6.45, 7) is 9.54. The van der Waals surface area contributed by atoms with Gasteiger partial charge in [0.05, 0.1) is 6.61 Å². The molecule has 7 nitrogen and oxygen atoms in total. The normalized spacial score (nSPS) is 13.9. The van der Waals surface area contributed by atoms with Crippen LogP contribution in [0.3, 0.4) is 0 Å². The second kappa shape index (κ2) is 12.2. The largest absolute Gasteiger partial charge is 0.457 e. The van der Waals surface area contributed by atoms with E-state index in [-0.39, 0.29) is 5.91 Å². The van der Waals surface area contributed by atoms with Crippen LogP contribution in [0, 0.1) is 13.8 Å². The lowest BCUT2D eigenvalue weighted by atomic mass is 10.1. The summed E-state index contributed by atoms with van der Waals surface area (Å²) in [5.41, 5.74) is 5.55. The predicted octanol–water partition coefficient (Wildman–Crippen LogP) is 5.91. The molecule has 2 heterocycles. The highest BCUT2D eigenvalue weighted by molar-refractivity contribution is 6.05. The molecule has 202 valence electrons. The van der Waals surface area contributed by atoms with E-state index in [2.05, 4.69) is 57.2 Å². The molecule has 0 atom stereocenters. The number of aromatic nitrogens is 1. The van der Waals surface area contributed by atoms with Gasteiger partial charge in [0.2, 0.25) is 0 Å². The Morgan fingerprint density at radius 2 is 1.67 bits per heavy atom. The van der Waals surface area contributed by atoms with E-state index >= 15 is 0 Å². The van der Waals surface area contributed by atoms with Crippen molar-refractivity contribution in [2.75, 3.05) is 56.7 Å². The highest BCUT2D eigenvalue weighted by Gasteiger charge is 2.19. The fourth-order valence-electron chi connectivity index (χ4n) is 4.78. The van der Waals surface area contributed by atoms with E-state index in [0.29, 0.717) is 11.3 Å². The molecule has 5 rings (SSSR count). The number of hydrogen-bond donors (Lipinski definition) is 1. The van der Waals surface area contributed by atoms with Gasteiger partial charge in [-0.05, 0) is 73.5 Å². The van der Waals surface area contributed by atoms with Crippen molar-refractivity contribution in [3.63, 3.8) is 0 Å². The zero-order chi connectivity index (χ0) is 27.2. The molecule has 0 saturated carbocycles. The van der Waals surface area contributed by atoms with Crippen molar-refractivity contribution >= 4 is 17.3 Å². The molecule has 0 unspecified atom stereocenters. The van der Waals surface area contributed by atoms with E-state index in [1.54, 1.807) is 13.2 Å². The Morgan fingerprint density at radius 3 is 2.38 bits per heavy atom. The molecule has 1 saturated heterocycles. The number of nitrogens with one attached hydrogen (secondary N) is 1. The summed E-state index contributed by atoms with van der Waals surface area (Å²) in [4.78, 5) is 18.2. The van der Waals surface area contributed by atoms with Crippen LogP contribution in [0.1, 0.15) is 21.5 Å². The smallest absolute Gasteiger partial charge is 0.255 e. The fraction of sp³-hybridized carbons (Fsp3) is 0.281. The lowest BCUT2D eigenvalue weighted by Crippen LogP contribution is -2.47. The minimum absolute atomic E-state index is 0.177. The van der Waals surface area contributed by atoms with Crippen LogP contribution in [0.25, 0.3) is 5.69 Å². The maximum atomic E-state index is 13.4. The molecule has 1 aliphatic rings. The predicted molar refractivity (Wildman–Crippen MR) is 157 cm³/mol. The Labute approximate surface area is 230 Å². The van der Waals surface area contributed by atoms with Gasteiger partial charge >= 0.3 is 0 Å². The first-order valence-corrected chi connectivity index (χ1v) is 13.4. The molecule has 1 amide bonds. The molecule has 1 fully saturated rings. The van der Waals surface area contributed by atoms with E-state index < -0.39 is 0 Å². The number of carbonyl (C=O) groups excluding carboxylic acids is 1. The number of anilines is 2. The number of methoxy groups -OCH3 is 1. The maximum Gasteiger partial charge on any atom is 0.255 e. The molecule has 0 aliphatic carbocycles. The summed E-state index contributed by atoms with van der Waals surface area (Å²) in [5, 5.41) is 3.14. The van der Waals surface area contributed by atoms with Crippen LogP contribution >= 0.6 is 0 Å². The van der Waals surface area contributed by atoms with Crippen LogP contribution in [0.2, 0.25) is 0 Å². The van der Waals surface area contributed by atoms with Gasteiger partial charge in [0.15, 0.2) is 0 Å². The summed E-state index contributed by atoms with van der Waals surface area (Å²) in [6.07, 6.45) is 4.15. The first-order chi connectivity index (χ1) is 19.0. The molecule has 4 aromatic rings. The highest BCUT2D eigenvalue weighted by atomic mass is 16.5. The topological polar surface area (TPSA) is 59.0 Å². The van der Waals surface area contributed by atoms with Gasteiger partial charge in [0.1, 0.15) is 11.5 Å². The minimum Gasteiger partial charge on any atom is -0.457 e. The van der Waals surface area contributed by atoms with Gasteiger partial charge in [-0.1, -0.05) is 24.3 Å². The monoisotopic (exact) mass is 524 g/mol. The molecule has 0 radical (unpaired) electrons. The van der Waals surface area contributed by atoms with Crippen LogP contribution in [0.4, 0.5) is 11.4 Å². The van der Waals surface area contributed by atoms with Crippen LogP contribution < -0.4 is 15.0 Å². The third-order valence-corrected chi connectivity index (χ3v) is 7.07. The molecule has 1 aromatic heterocycles. The van der Waals surface area contributed by atoms with E-state index in [1.807, 2.05) is 55.5 Å². The van der Waals surface area contributed by atoms with E-state index in [9.17, 15) is 4.79 Å². The zero-order valence-corrected chi connectivity index (χ0v) is 22.9. The van der Waals surface area contributed by atoms with Gasteiger partial charge in [-0.25, -0.2) is 0 Å². The average molecular weight is 525 g/mol. The summed E-state index contributed by atoms with van der Waals surface area (Å²) in [6, 6.07) is 23.5. The zero-order valence-electron chi connectivity index (χ0n) is 22.9. The van der Waals surface area contributed by atoms with Crippen molar-refractivity contribution in [3.8, 4) is 17.2 Å². The first-order valence-electron chi connectivity index (χ1n) is 13.4. The third kappa shape index (κ3) is 6.69. The number of para-hydroxylation sites is 1. The Bertz CT molecular complexity index is 1410. The Kier molecular flexibility index (Phi) is 8.30. The molecule has 1 aliphatic heterocycles. The summed E-state index contributed by atoms with van der Waals surface area (Å²) in [7, 11) is 1.74. The molecule has 0 bridgehead atoms. The van der Waals surface area contributed by atoms with Crippen LogP contribution in [-0.4, -0.2) is 61.8 Å². The molecule has 1 N–H and O–H groups in total. The van der Waals surface area contributed by atoms with Gasteiger partial charge in [-0.3, -0.25) is 9.69 Å². The number of rotatable bonds is 9. The number of ether oxygens (including phenoxy) is 2. The maximum absolute atomic E-state index is 13.4. The molecular weight excluding hydrogens is 488 g/mol. The molecule has 7 heteroatoms. The Balaban J connectivity index is 1.38. The van der Waals surface area contributed by atoms with Crippen LogP contribution in [-0.2, 0) is 4.74 Å². The lowest BCUT2D eigenvalue weighted by Gasteiger charge is -2.36. The van der Waals surface area contributed by atoms with Gasteiger partial charge in [0, 0.05) is 74.9 Å². The van der Waals surface area contributed by atoms with Gasteiger partial charge in [0.25, 0.3) is 5.91 Å². The van der Waals surface area contributed by atoms with Crippen molar-refractivity contribution in [1.29, 1.82) is 0 Å². The summed E-state index contributed by atoms with van der Waals surface area (Å²) in [5.74, 6) is 1.22. The minimum atomic E-state index is -0.177. The summed E-state index contributed by atoms with van der Waals surface area (Å²) >= 11 is 0. The second-order valence-electron chi connectivity index (χ2n) is 10.0. The lowest BCUT2D eigenvalue weighted by molar-refractivity contribution is 0.102. The van der Waals surface area contributed by atoms with Gasteiger partial charge in [-0.2, -0.15) is 0 Å². The Hall–Kier alpha value is -4.07. The van der Waals surface area contributed by atoms with Crippen LogP contribution in [0.5, 0.6) is 11.5 Å². The van der Waals surface area contributed by atoms with Gasteiger partial charge < -0.3 is 24.3 Å². The number of aryl methyl sites for hydroxylation is 2. The molecular formula is C32H36N4O3. The first kappa shape index (κ1) is 26.5. The number of piperazine rings is 1. The average Bonchev–Trinajstić information content (AvgIpc) is 3.40.